The summed E-state index contributed by atoms with van der Waals surface area (Å²) in [6.07, 6.45) is 0.246. The second kappa shape index (κ2) is 8.03. The first-order valence-electron chi connectivity index (χ1n) is 7.09. The Morgan fingerprint density at radius 2 is 1.57 bits per heavy atom. The lowest BCUT2D eigenvalue weighted by Gasteiger charge is -2.07. The van der Waals surface area contributed by atoms with Gasteiger partial charge in [-0.2, -0.15) is 0 Å². The highest BCUT2D eigenvalue weighted by molar-refractivity contribution is 5.91. The molecule has 0 aromatic heterocycles. The van der Waals surface area contributed by atoms with E-state index in [1.165, 1.54) is 0 Å². The number of hydrogen-bond donors (Lipinski definition) is 2. The van der Waals surface area contributed by atoms with Crippen molar-refractivity contribution in [3.05, 3.63) is 65.7 Å². The van der Waals surface area contributed by atoms with E-state index in [4.69, 9.17) is 0 Å². The van der Waals surface area contributed by atoms with Gasteiger partial charge in [0.05, 0.1) is 6.42 Å². The second-order valence-corrected chi connectivity index (χ2v) is 4.97. The standard InChI is InChI=1S/C17H16F2N2O2/c18-13-9-14(19)11-15(10-13)21-16(22)6-7-20-17(23)8-12-4-2-1-3-5-12/h1-5,9-11H,6-8H2,(H,20,23)(H,21,22). The van der Waals surface area contributed by atoms with Gasteiger partial charge in [0.15, 0.2) is 0 Å². The molecule has 0 atom stereocenters. The first-order chi connectivity index (χ1) is 11.0. The molecule has 2 amide bonds. The molecule has 0 unspecified atom stereocenters. The van der Waals surface area contributed by atoms with E-state index in [0.717, 1.165) is 23.8 Å². The van der Waals surface area contributed by atoms with Crippen molar-refractivity contribution in [2.75, 3.05) is 11.9 Å². The molecular formula is C17H16F2N2O2. The maximum atomic E-state index is 13.0. The van der Waals surface area contributed by atoms with Crippen molar-refractivity contribution >= 4 is 17.5 Å². The number of amides is 2. The SMILES string of the molecule is O=C(Cc1ccccc1)NCCC(=O)Nc1cc(F)cc(F)c1. The minimum atomic E-state index is -0.767. The van der Waals surface area contributed by atoms with Crippen LogP contribution in [-0.4, -0.2) is 18.4 Å². The topological polar surface area (TPSA) is 58.2 Å². The van der Waals surface area contributed by atoms with Crippen LogP contribution in [0, 0.1) is 11.6 Å². The molecule has 2 N–H and O–H groups in total. The molecule has 2 rings (SSSR count). The summed E-state index contributed by atoms with van der Waals surface area (Å²) in [5.41, 5.74) is 0.924. The lowest BCUT2D eigenvalue weighted by Crippen LogP contribution is -2.28. The van der Waals surface area contributed by atoms with Gasteiger partial charge < -0.3 is 10.6 Å². The van der Waals surface area contributed by atoms with Crippen molar-refractivity contribution in [2.24, 2.45) is 0 Å². The Labute approximate surface area is 132 Å². The lowest BCUT2D eigenvalue weighted by atomic mass is 10.1. The Kier molecular flexibility index (Phi) is 5.80. The number of rotatable bonds is 6. The Morgan fingerprint density at radius 3 is 2.22 bits per heavy atom. The highest BCUT2D eigenvalue weighted by atomic mass is 19.1. The van der Waals surface area contributed by atoms with Gasteiger partial charge in [0.2, 0.25) is 11.8 Å². The summed E-state index contributed by atoms with van der Waals surface area (Å²) in [5.74, 6) is -2.16. The quantitative estimate of drug-likeness (QED) is 0.860. The molecule has 0 fully saturated rings. The molecular weight excluding hydrogens is 302 g/mol. The van der Waals surface area contributed by atoms with Gasteiger partial charge in [-0.3, -0.25) is 9.59 Å². The van der Waals surface area contributed by atoms with Gasteiger partial charge in [0, 0.05) is 24.7 Å². The minimum absolute atomic E-state index is 0.0126. The van der Waals surface area contributed by atoms with Crippen molar-refractivity contribution < 1.29 is 18.4 Å². The minimum Gasteiger partial charge on any atom is -0.355 e. The van der Waals surface area contributed by atoms with Crippen LogP contribution in [0.4, 0.5) is 14.5 Å². The molecule has 23 heavy (non-hydrogen) atoms. The average Bonchev–Trinajstić information content (AvgIpc) is 2.47. The van der Waals surface area contributed by atoms with Crippen LogP contribution in [0.1, 0.15) is 12.0 Å². The molecule has 0 heterocycles. The van der Waals surface area contributed by atoms with Crippen LogP contribution in [0.15, 0.2) is 48.5 Å². The summed E-state index contributed by atoms with van der Waals surface area (Å²) < 4.78 is 26.0. The molecule has 0 aliphatic carbocycles. The van der Waals surface area contributed by atoms with Crippen LogP contribution in [-0.2, 0) is 16.0 Å². The Morgan fingerprint density at radius 1 is 0.913 bits per heavy atom. The van der Waals surface area contributed by atoms with Gasteiger partial charge in [-0.15, -0.1) is 0 Å². The van der Waals surface area contributed by atoms with Crippen molar-refractivity contribution in [1.29, 1.82) is 0 Å². The molecule has 0 radical (unpaired) electrons. The highest BCUT2D eigenvalue weighted by Crippen LogP contribution is 2.12. The average molecular weight is 318 g/mol. The molecule has 0 spiro atoms. The van der Waals surface area contributed by atoms with Crippen LogP contribution in [0.5, 0.6) is 0 Å². The van der Waals surface area contributed by atoms with Crippen LogP contribution >= 0.6 is 0 Å². The molecule has 0 aliphatic heterocycles. The van der Waals surface area contributed by atoms with Gasteiger partial charge >= 0.3 is 0 Å². The van der Waals surface area contributed by atoms with Gasteiger partial charge in [-0.25, -0.2) is 8.78 Å². The van der Waals surface area contributed by atoms with Crippen LogP contribution in [0.2, 0.25) is 0 Å². The summed E-state index contributed by atoms with van der Waals surface area (Å²) >= 11 is 0. The van der Waals surface area contributed by atoms with E-state index in [-0.39, 0.29) is 31.0 Å². The monoisotopic (exact) mass is 318 g/mol. The van der Waals surface area contributed by atoms with E-state index in [2.05, 4.69) is 10.6 Å². The van der Waals surface area contributed by atoms with Gasteiger partial charge in [-0.1, -0.05) is 30.3 Å². The Bertz CT molecular complexity index is 670. The van der Waals surface area contributed by atoms with Crippen LogP contribution in [0.25, 0.3) is 0 Å². The smallest absolute Gasteiger partial charge is 0.226 e. The zero-order valence-corrected chi connectivity index (χ0v) is 12.3. The third-order valence-electron chi connectivity index (χ3n) is 3.03. The first kappa shape index (κ1) is 16.6. The fourth-order valence-corrected chi connectivity index (χ4v) is 2.01. The predicted octanol–water partition coefficient (Wildman–Crippen LogP) is 2.65. The van der Waals surface area contributed by atoms with E-state index < -0.39 is 17.5 Å². The maximum absolute atomic E-state index is 13.0. The number of anilines is 1. The van der Waals surface area contributed by atoms with Crippen molar-refractivity contribution in [2.45, 2.75) is 12.8 Å². The Balaban J connectivity index is 1.73. The molecule has 4 nitrogen and oxygen atoms in total. The summed E-state index contributed by atoms with van der Waals surface area (Å²) in [6, 6.07) is 12.0. The molecule has 0 bridgehead atoms. The summed E-state index contributed by atoms with van der Waals surface area (Å²) in [5, 5.41) is 5.00. The number of carbonyl (C=O) groups is 2. The second-order valence-electron chi connectivity index (χ2n) is 4.97. The van der Waals surface area contributed by atoms with Crippen molar-refractivity contribution in [3.8, 4) is 0 Å². The fraction of sp³-hybridized carbons (Fsp3) is 0.176. The predicted molar refractivity (Wildman–Crippen MR) is 82.8 cm³/mol. The normalized spacial score (nSPS) is 10.2. The summed E-state index contributed by atoms with van der Waals surface area (Å²) in [4.78, 5) is 23.4. The van der Waals surface area contributed by atoms with E-state index in [1.807, 2.05) is 30.3 Å². The molecule has 2 aromatic rings. The number of benzene rings is 2. The molecule has 2 aromatic carbocycles. The van der Waals surface area contributed by atoms with Gasteiger partial charge in [0.25, 0.3) is 0 Å². The largest absolute Gasteiger partial charge is 0.355 e. The maximum Gasteiger partial charge on any atom is 0.226 e. The van der Waals surface area contributed by atoms with Crippen molar-refractivity contribution in [1.82, 2.24) is 5.32 Å². The van der Waals surface area contributed by atoms with Crippen LogP contribution in [0.3, 0.4) is 0 Å². The third kappa shape index (κ3) is 5.86. The van der Waals surface area contributed by atoms with E-state index >= 15 is 0 Å². The van der Waals surface area contributed by atoms with Gasteiger partial charge in [0.1, 0.15) is 11.6 Å². The number of hydrogen-bond acceptors (Lipinski definition) is 2. The summed E-state index contributed by atoms with van der Waals surface area (Å²) in [7, 11) is 0. The number of halogens is 2. The van der Waals surface area contributed by atoms with E-state index in [9.17, 15) is 18.4 Å². The van der Waals surface area contributed by atoms with Gasteiger partial charge in [-0.05, 0) is 17.7 Å². The lowest BCUT2D eigenvalue weighted by molar-refractivity contribution is -0.120. The molecule has 0 aliphatic rings. The van der Waals surface area contributed by atoms with Crippen LogP contribution < -0.4 is 10.6 Å². The summed E-state index contributed by atoms with van der Waals surface area (Å²) in [6.45, 7) is 0.148. The first-order valence-corrected chi connectivity index (χ1v) is 7.09. The third-order valence-corrected chi connectivity index (χ3v) is 3.03. The Hall–Kier alpha value is -2.76. The highest BCUT2D eigenvalue weighted by Gasteiger charge is 2.07. The zero-order chi connectivity index (χ0) is 16.7. The van der Waals surface area contributed by atoms with Crippen molar-refractivity contribution in [3.63, 3.8) is 0 Å². The molecule has 120 valence electrons. The van der Waals surface area contributed by atoms with E-state index in [0.29, 0.717) is 0 Å². The molecule has 6 heteroatoms. The van der Waals surface area contributed by atoms with E-state index in [1.54, 1.807) is 0 Å². The zero-order valence-electron chi connectivity index (χ0n) is 12.3. The molecule has 0 saturated heterocycles. The number of carbonyl (C=O) groups excluding carboxylic acids is 2. The molecule has 0 saturated carbocycles. The fourth-order valence-electron chi connectivity index (χ4n) is 2.01. The number of nitrogens with one attached hydrogen (secondary N) is 2.